The number of nitrogens with zero attached hydrogens (tertiary/aromatic N) is 1. The van der Waals surface area contributed by atoms with Crippen LogP contribution < -0.4 is 4.74 Å². The standard InChI is InChI=1S/C24H30BrNO4/c1-24(2,3)30-23(27)26-15-5-6-21(22(26)18-9-11-19(25)12-10-18)29-16-17-7-13-20(28-4)14-8-17/h7-14,21-22H,5-6,15-16H2,1-4H3. The SMILES string of the molecule is COc1ccc(COC2CCCN(C(=O)OC(C)(C)C)C2c2ccc(Br)cc2)cc1. The molecule has 1 saturated heterocycles. The average Bonchev–Trinajstić information content (AvgIpc) is 2.72. The molecule has 0 radical (unpaired) electrons. The Morgan fingerprint density at radius 1 is 1.10 bits per heavy atom. The van der Waals surface area contributed by atoms with E-state index in [1.165, 1.54) is 0 Å². The van der Waals surface area contributed by atoms with Gasteiger partial charge in [-0.1, -0.05) is 40.2 Å². The van der Waals surface area contributed by atoms with E-state index in [0.29, 0.717) is 13.2 Å². The second-order valence-corrected chi connectivity index (χ2v) is 9.43. The van der Waals surface area contributed by atoms with E-state index in [1.54, 1.807) is 7.11 Å². The van der Waals surface area contributed by atoms with Crippen molar-refractivity contribution in [2.24, 2.45) is 0 Å². The van der Waals surface area contributed by atoms with Crippen LogP contribution in [0.4, 0.5) is 4.79 Å². The lowest BCUT2D eigenvalue weighted by Gasteiger charge is -2.41. The van der Waals surface area contributed by atoms with Gasteiger partial charge in [-0.15, -0.1) is 0 Å². The maximum absolute atomic E-state index is 13.0. The average molecular weight is 476 g/mol. The zero-order chi connectivity index (χ0) is 21.7. The number of methoxy groups -OCH3 is 1. The van der Waals surface area contributed by atoms with Gasteiger partial charge < -0.3 is 14.2 Å². The van der Waals surface area contributed by atoms with Crippen molar-refractivity contribution in [2.45, 2.75) is 58.0 Å². The molecule has 162 valence electrons. The fraction of sp³-hybridized carbons (Fsp3) is 0.458. The van der Waals surface area contributed by atoms with Gasteiger partial charge >= 0.3 is 6.09 Å². The maximum atomic E-state index is 13.0. The van der Waals surface area contributed by atoms with Gasteiger partial charge in [-0.2, -0.15) is 0 Å². The maximum Gasteiger partial charge on any atom is 0.410 e. The molecule has 30 heavy (non-hydrogen) atoms. The van der Waals surface area contributed by atoms with E-state index in [0.717, 1.165) is 34.2 Å². The molecule has 6 heteroatoms. The Labute approximate surface area is 187 Å². The first-order valence-corrected chi connectivity index (χ1v) is 11.1. The fourth-order valence-electron chi connectivity index (χ4n) is 3.64. The normalized spacial score (nSPS) is 19.4. The third-order valence-corrected chi connectivity index (χ3v) is 5.57. The third-order valence-electron chi connectivity index (χ3n) is 5.04. The van der Waals surface area contributed by atoms with Crippen LogP contribution in [-0.2, 0) is 16.1 Å². The molecule has 0 aromatic heterocycles. The largest absolute Gasteiger partial charge is 0.497 e. The first-order valence-electron chi connectivity index (χ1n) is 10.3. The molecule has 5 nitrogen and oxygen atoms in total. The van der Waals surface area contributed by atoms with E-state index in [4.69, 9.17) is 14.2 Å². The summed E-state index contributed by atoms with van der Waals surface area (Å²) in [5.41, 5.74) is 1.57. The van der Waals surface area contributed by atoms with Gasteiger partial charge in [0.25, 0.3) is 0 Å². The first kappa shape index (κ1) is 22.6. The van der Waals surface area contributed by atoms with E-state index < -0.39 is 5.60 Å². The topological polar surface area (TPSA) is 48.0 Å². The van der Waals surface area contributed by atoms with Gasteiger partial charge in [0.1, 0.15) is 11.4 Å². The Hall–Kier alpha value is -2.05. The lowest BCUT2D eigenvalue weighted by atomic mass is 9.92. The number of hydrogen-bond acceptors (Lipinski definition) is 4. The summed E-state index contributed by atoms with van der Waals surface area (Å²) in [6.45, 7) is 6.80. The molecule has 2 aromatic rings. The third kappa shape index (κ3) is 5.99. The Morgan fingerprint density at radius 3 is 2.37 bits per heavy atom. The summed E-state index contributed by atoms with van der Waals surface area (Å²) in [6.07, 6.45) is 1.35. The summed E-state index contributed by atoms with van der Waals surface area (Å²) in [7, 11) is 1.65. The van der Waals surface area contributed by atoms with Crippen LogP contribution in [0.25, 0.3) is 0 Å². The minimum Gasteiger partial charge on any atom is -0.497 e. The van der Waals surface area contributed by atoms with E-state index >= 15 is 0 Å². The zero-order valence-corrected chi connectivity index (χ0v) is 19.6. The summed E-state index contributed by atoms with van der Waals surface area (Å²) >= 11 is 3.49. The minimum absolute atomic E-state index is 0.116. The zero-order valence-electron chi connectivity index (χ0n) is 18.1. The molecular formula is C24H30BrNO4. The quantitative estimate of drug-likeness (QED) is 0.522. The lowest BCUT2D eigenvalue weighted by molar-refractivity contribution is -0.0600. The van der Waals surface area contributed by atoms with Gasteiger partial charge in [-0.05, 0) is 69.0 Å². The molecule has 1 heterocycles. The predicted molar refractivity (Wildman–Crippen MR) is 121 cm³/mol. The van der Waals surface area contributed by atoms with Gasteiger partial charge in [0, 0.05) is 11.0 Å². The number of likely N-dealkylation sites (tertiary alicyclic amines) is 1. The van der Waals surface area contributed by atoms with Crippen LogP contribution >= 0.6 is 15.9 Å². The van der Waals surface area contributed by atoms with Crippen LogP contribution in [0.2, 0.25) is 0 Å². The Morgan fingerprint density at radius 2 is 1.77 bits per heavy atom. The van der Waals surface area contributed by atoms with Crippen LogP contribution in [0, 0.1) is 0 Å². The molecular weight excluding hydrogens is 446 g/mol. The van der Waals surface area contributed by atoms with Crippen molar-refractivity contribution in [1.29, 1.82) is 0 Å². The monoisotopic (exact) mass is 475 g/mol. The second-order valence-electron chi connectivity index (χ2n) is 8.51. The van der Waals surface area contributed by atoms with Gasteiger partial charge in [-0.3, -0.25) is 4.90 Å². The fourth-order valence-corrected chi connectivity index (χ4v) is 3.90. The summed E-state index contributed by atoms with van der Waals surface area (Å²) in [5, 5.41) is 0. The van der Waals surface area contributed by atoms with Crippen molar-refractivity contribution >= 4 is 22.0 Å². The number of amides is 1. The van der Waals surface area contributed by atoms with Crippen LogP contribution in [0.3, 0.4) is 0 Å². The number of rotatable bonds is 5. The number of carbonyl (C=O) groups excluding carboxylic acids is 1. The highest BCUT2D eigenvalue weighted by molar-refractivity contribution is 9.10. The number of benzene rings is 2. The van der Waals surface area contributed by atoms with Gasteiger partial charge in [0.2, 0.25) is 0 Å². The molecule has 0 aliphatic carbocycles. The van der Waals surface area contributed by atoms with Crippen molar-refractivity contribution in [3.8, 4) is 5.75 Å². The molecule has 2 aromatic carbocycles. The number of ether oxygens (including phenoxy) is 3. The number of halogens is 1. The van der Waals surface area contributed by atoms with Crippen molar-refractivity contribution in [2.75, 3.05) is 13.7 Å². The molecule has 0 saturated carbocycles. The van der Waals surface area contributed by atoms with Gasteiger partial charge in [-0.25, -0.2) is 4.79 Å². The van der Waals surface area contributed by atoms with Crippen molar-refractivity contribution < 1.29 is 19.0 Å². The highest BCUT2D eigenvalue weighted by Gasteiger charge is 2.38. The molecule has 2 unspecified atom stereocenters. The summed E-state index contributed by atoms with van der Waals surface area (Å²) in [6, 6.07) is 15.7. The Bertz CT molecular complexity index is 830. The van der Waals surface area contributed by atoms with Crippen LogP contribution in [0.15, 0.2) is 53.0 Å². The molecule has 0 spiro atoms. The molecule has 0 bridgehead atoms. The molecule has 1 aliphatic heterocycles. The smallest absolute Gasteiger partial charge is 0.410 e. The molecule has 0 N–H and O–H groups in total. The predicted octanol–water partition coefficient (Wildman–Crippen LogP) is 6.12. The van der Waals surface area contributed by atoms with Crippen LogP contribution in [0.5, 0.6) is 5.75 Å². The van der Waals surface area contributed by atoms with E-state index in [9.17, 15) is 4.79 Å². The van der Waals surface area contributed by atoms with Crippen LogP contribution in [-0.4, -0.2) is 36.4 Å². The molecule has 1 aliphatic rings. The highest BCUT2D eigenvalue weighted by Crippen LogP contribution is 2.35. The van der Waals surface area contributed by atoms with Crippen molar-refractivity contribution in [3.05, 3.63) is 64.1 Å². The minimum atomic E-state index is -0.543. The molecule has 3 rings (SSSR count). The van der Waals surface area contributed by atoms with Crippen LogP contribution in [0.1, 0.15) is 50.8 Å². The second kappa shape index (κ2) is 9.84. The molecule has 1 fully saturated rings. The Kier molecular flexibility index (Phi) is 7.42. The summed E-state index contributed by atoms with van der Waals surface area (Å²) < 4.78 is 18.3. The summed E-state index contributed by atoms with van der Waals surface area (Å²) in [5.74, 6) is 0.820. The molecule has 2 atom stereocenters. The van der Waals surface area contributed by atoms with Gasteiger partial charge in [0.05, 0.1) is 25.9 Å². The van der Waals surface area contributed by atoms with E-state index in [1.807, 2.05) is 74.2 Å². The lowest BCUT2D eigenvalue weighted by Crippen LogP contribution is -2.47. The number of hydrogen-bond donors (Lipinski definition) is 0. The van der Waals surface area contributed by atoms with E-state index in [2.05, 4.69) is 15.9 Å². The highest BCUT2D eigenvalue weighted by atomic mass is 79.9. The van der Waals surface area contributed by atoms with Crippen molar-refractivity contribution in [3.63, 3.8) is 0 Å². The Balaban J connectivity index is 1.81. The first-order chi connectivity index (χ1) is 14.3. The van der Waals surface area contributed by atoms with Crippen molar-refractivity contribution in [1.82, 2.24) is 4.90 Å². The van der Waals surface area contributed by atoms with Gasteiger partial charge in [0.15, 0.2) is 0 Å². The number of piperidine rings is 1. The summed E-state index contributed by atoms with van der Waals surface area (Å²) in [4.78, 5) is 14.8. The van der Waals surface area contributed by atoms with E-state index in [-0.39, 0.29) is 18.2 Å². The number of carbonyl (C=O) groups is 1. The molecule has 1 amide bonds.